The smallest absolute Gasteiger partial charge is 1.00 e. The zero-order chi connectivity index (χ0) is 16.4. The first-order chi connectivity index (χ1) is 11.8. The first-order valence-electron chi connectivity index (χ1n) is 9.05. The number of hydrogen-bond acceptors (Lipinski definition) is 0. The zero-order valence-electron chi connectivity index (χ0n) is 15.6. The van der Waals surface area contributed by atoms with Crippen LogP contribution in [-0.4, -0.2) is 0 Å². The van der Waals surface area contributed by atoms with Gasteiger partial charge in [0.05, 0.1) is 0 Å². The molecule has 2 aromatic carbocycles. The molecule has 0 nitrogen and oxygen atoms in total. The van der Waals surface area contributed by atoms with Gasteiger partial charge in [0.25, 0.3) is 0 Å². The van der Waals surface area contributed by atoms with Gasteiger partial charge in [-0.15, -0.1) is 0 Å². The Morgan fingerprint density at radius 3 is 2.56 bits per heavy atom. The summed E-state index contributed by atoms with van der Waals surface area (Å²) in [6, 6.07) is 15.5. The van der Waals surface area contributed by atoms with Gasteiger partial charge >= 0.3 is 26.2 Å². The van der Waals surface area contributed by atoms with Crippen LogP contribution in [0.2, 0.25) is 0 Å². The Bertz CT molecular complexity index is 849. The summed E-state index contributed by atoms with van der Waals surface area (Å²) in [5.41, 5.74) is 8.74. The first kappa shape index (κ1) is 24.2. The molecule has 1 atom stereocenters. The van der Waals surface area contributed by atoms with Crippen molar-refractivity contribution in [3.05, 3.63) is 89.0 Å². The van der Waals surface area contributed by atoms with Crippen molar-refractivity contribution >= 4 is 6.08 Å². The SMILES string of the molecule is CC(CCC=Cc1cccc2c1-c1ccccc1C2)C1=CC=CC1.[Cl-].[Cl-].[Zr+2]. The van der Waals surface area contributed by atoms with Gasteiger partial charge in [-0.3, -0.25) is 0 Å². The van der Waals surface area contributed by atoms with Crippen LogP contribution in [0.15, 0.2) is 72.3 Å². The predicted octanol–water partition coefficient (Wildman–Crippen LogP) is 0.579. The average Bonchev–Trinajstić information content (AvgIpc) is 3.26. The number of benzene rings is 2. The minimum Gasteiger partial charge on any atom is -1.00 e. The second kappa shape index (κ2) is 11.2. The van der Waals surface area contributed by atoms with Gasteiger partial charge in [0.2, 0.25) is 0 Å². The van der Waals surface area contributed by atoms with E-state index >= 15 is 0 Å². The van der Waals surface area contributed by atoms with E-state index in [4.69, 9.17) is 0 Å². The van der Waals surface area contributed by atoms with Crippen molar-refractivity contribution in [3.63, 3.8) is 0 Å². The van der Waals surface area contributed by atoms with Crippen molar-refractivity contribution in [3.8, 4) is 11.1 Å². The molecule has 3 heteroatoms. The summed E-state index contributed by atoms with van der Waals surface area (Å²) in [5.74, 6) is 0.687. The number of allylic oxidation sites excluding steroid dienone is 5. The maximum Gasteiger partial charge on any atom is 2.00 e. The van der Waals surface area contributed by atoms with Crippen LogP contribution < -0.4 is 24.8 Å². The fraction of sp³-hybridized carbons (Fsp3) is 0.250. The second-order valence-corrected chi connectivity index (χ2v) is 6.97. The molecular weight excluding hydrogens is 450 g/mol. The van der Waals surface area contributed by atoms with Gasteiger partial charge in [-0.2, -0.15) is 0 Å². The standard InChI is InChI=1S/C24H24.2ClH.Zr/c1-18(19-10-4-5-11-19)9-2-3-12-20-14-8-15-22-17-21-13-6-7-16-23(21)24(20)22;;;/h3-8,10,12-16,18H,2,9,11,17H2,1H3;2*1H;/q;;;+2/p-2. The molecule has 0 heterocycles. The van der Waals surface area contributed by atoms with E-state index < -0.39 is 0 Å². The summed E-state index contributed by atoms with van der Waals surface area (Å²) >= 11 is 0. The maximum atomic E-state index is 2.36. The Hall–Kier alpha value is -0.877. The third-order valence-electron chi connectivity index (χ3n) is 5.35. The Morgan fingerprint density at radius 2 is 1.78 bits per heavy atom. The molecule has 2 aliphatic rings. The summed E-state index contributed by atoms with van der Waals surface area (Å²) in [7, 11) is 0. The Morgan fingerprint density at radius 1 is 1.00 bits per heavy atom. The van der Waals surface area contributed by atoms with Crippen LogP contribution in [0.3, 0.4) is 0 Å². The molecule has 138 valence electrons. The van der Waals surface area contributed by atoms with Gasteiger partial charge in [-0.1, -0.05) is 85.3 Å². The van der Waals surface area contributed by atoms with Gasteiger partial charge in [0.1, 0.15) is 0 Å². The summed E-state index contributed by atoms with van der Waals surface area (Å²) in [6.07, 6.45) is 16.0. The molecule has 4 rings (SSSR count). The van der Waals surface area contributed by atoms with Crippen molar-refractivity contribution in [2.24, 2.45) is 5.92 Å². The van der Waals surface area contributed by atoms with Crippen LogP contribution in [0.5, 0.6) is 0 Å². The van der Waals surface area contributed by atoms with E-state index in [9.17, 15) is 0 Å². The van der Waals surface area contributed by atoms with Crippen molar-refractivity contribution in [2.75, 3.05) is 0 Å². The molecule has 0 fully saturated rings. The average molecular weight is 475 g/mol. The fourth-order valence-corrected chi connectivity index (χ4v) is 3.93. The van der Waals surface area contributed by atoms with E-state index in [2.05, 4.69) is 79.8 Å². The van der Waals surface area contributed by atoms with E-state index in [0.717, 1.165) is 19.3 Å². The molecule has 0 aromatic heterocycles. The van der Waals surface area contributed by atoms with E-state index in [1.165, 1.54) is 34.2 Å². The molecule has 0 saturated carbocycles. The molecule has 2 aromatic rings. The van der Waals surface area contributed by atoms with Crippen LogP contribution in [0.25, 0.3) is 17.2 Å². The van der Waals surface area contributed by atoms with E-state index in [1.807, 2.05) is 0 Å². The van der Waals surface area contributed by atoms with E-state index in [-0.39, 0.29) is 51.0 Å². The summed E-state index contributed by atoms with van der Waals surface area (Å²) < 4.78 is 0. The van der Waals surface area contributed by atoms with Crippen molar-refractivity contribution in [1.82, 2.24) is 0 Å². The maximum absolute atomic E-state index is 2.36. The topological polar surface area (TPSA) is 0 Å². The minimum absolute atomic E-state index is 0. The third-order valence-corrected chi connectivity index (χ3v) is 5.35. The molecular formula is C24H24Cl2Zr. The molecule has 0 radical (unpaired) electrons. The minimum atomic E-state index is 0. The van der Waals surface area contributed by atoms with Crippen molar-refractivity contribution in [1.29, 1.82) is 0 Å². The Balaban J connectivity index is 0.00000121. The molecule has 1 unspecified atom stereocenters. The number of hydrogen-bond donors (Lipinski definition) is 0. The van der Waals surface area contributed by atoms with Crippen LogP contribution >= 0.6 is 0 Å². The van der Waals surface area contributed by atoms with Crippen LogP contribution in [-0.2, 0) is 32.6 Å². The third kappa shape index (κ3) is 5.35. The van der Waals surface area contributed by atoms with E-state index in [0.29, 0.717) is 5.92 Å². The predicted molar refractivity (Wildman–Crippen MR) is 104 cm³/mol. The number of halogens is 2. The van der Waals surface area contributed by atoms with Crippen molar-refractivity contribution in [2.45, 2.75) is 32.6 Å². The molecule has 27 heavy (non-hydrogen) atoms. The molecule has 0 aliphatic heterocycles. The molecule has 0 saturated heterocycles. The van der Waals surface area contributed by atoms with Gasteiger partial charge in [0, 0.05) is 0 Å². The van der Waals surface area contributed by atoms with Gasteiger partial charge in [-0.25, -0.2) is 0 Å². The summed E-state index contributed by atoms with van der Waals surface area (Å²) in [6.45, 7) is 2.35. The van der Waals surface area contributed by atoms with E-state index in [1.54, 1.807) is 5.57 Å². The van der Waals surface area contributed by atoms with Crippen molar-refractivity contribution < 1.29 is 51.0 Å². The second-order valence-electron chi connectivity index (χ2n) is 6.97. The zero-order valence-corrected chi connectivity index (χ0v) is 19.6. The van der Waals surface area contributed by atoms with Crippen LogP contribution in [0, 0.1) is 5.92 Å². The molecule has 0 amide bonds. The number of rotatable bonds is 5. The molecule has 2 aliphatic carbocycles. The largest absolute Gasteiger partial charge is 2.00 e. The van der Waals surface area contributed by atoms with Crippen LogP contribution in [0.4, 0.5) is 0 Å². The van der Waals surface area contributed by atoms with Crippen LogP contribution in [0.1, 0.15) is 42.9 Å². The Kier molecular flexibility index (Phi) is 10.0. The normalized spacial score (nSPS) is 14.5. The first-order valence-corrected chi connectivity index (χ1v) is 9.05. The van der Waals surface area contributed by atoms with Gasteiger partial charge < -0.3 is 24.8 Å². The Labute approximate surface area is 194 Å². The fourth-order valence-electron chi connectivity index (χ4n) is 3.93. The summed E-state index contributed by atoms with van der Waals surface area (Å²) in [5, 5.41) is 0. The van der Waals surface area contributed by atoms with Gasteiger partial charge in [0.15, 0.2) is 0 Å². The molecule has 0 N–H and O–H groups in total. The quantitative estimate of drug-likeness (QED) is 0.508. The number of fused-ring (bicyclic) bond motifs is 3. The molecule has 0 spiro atoms. The summed E-state index contributed by atoms with van der Waals surface area (Å²) in [4.78, 5) is 0. The molecule has 0 bridgehead atoms. The monoisotopic (exact) mass is 472 g/mol. The van der Waals surface area contributed by atoms with Gasteiger partial charge in [-0.05, 0) is 59.4 Å².